The van der Waals surface area contributed by atoms with Crippen molar-refractivity contribution in [3.8, 4) is 5.75 Å². The third-order valence-corrected chi connectivity index (χ3v) is 5.54. The molecular formula is C19H29N3O2. The van der Waals surface area contributed by atoms with Gasteiger partial charge in [-0.15, -0.1) is 0 Å². The van der Waals surface area contributed by atoms with Crippen LogP contribution in [-0.4, -0.2) is 68.1 Å². The first kappa shape index (κ1) is 17.2. The highest BCUT2D eigenvalue weighted by Crippen LogP contribution is 2.40. The quantitative estimate of drug-likeness (QED) is 0.835. The molecule has 0 spiro atoms. The van der Waals surface area contributed by atoms with Gasteiger partial charge in [0.15, 0.2) is 0 Å². The number of likely N-dealkylation sites (tertiary alicyclic amines) is 2. The van der Waals surface area contributed by atoms with Crippen molar-refractivity contribution in [1.29, 1.82) is 0 Å². The van der Waals surface area contributed by atoms with Crippen LogP contribution in [0.1, 0.15) is 30.9 Å². The summed E-state index contributed by atoms with van der Waals surface area (Å²) >= 11 is 0. The number of amides is 1. The van der Waals surface area contributed by atoms with Gasteiger partial charge in [-0.1, -0.05) is 12.1 Å². The fourth-order valence-electron chi connectivity index (χ4n) is 4.21. The minimum Gasteiger partial charge on any atom is -0.410 e. The lowest BCUT2D eigenvalue weighted by Gasteiger charge is -2.49. The van der Waals surface area contributed by atoms with Crippen LogP contribution in [-0.2, 0) is 0 Å². The lowest BCUT2D eigenvalue weighted by Crippen LogP contribution is -2.52. The highest BCUT2D eigenvalue weighted by Gasteiger charge is 2.38. The number of hydrogen-bond acceptors (Lipinski definition) is 4. The number of benzene rings is 1. The van der Waals surface area contributed by atoms with Gasteiger partial charge in [-0.25, -0.2) is 4.79 Å². The number of piperidine rings is 2. The van der Waals surface area contributed by atoms with Gasteiger partial charge in [0, 0.05) is 32.7 Å². The van der Waals surface area contributed by atoms with E-state index in [0.717, 1.165) is 12.3 Å². The Bertz CT molecular complexity index is 590. The van der Waals surface area contributed by atoms with Crippen LogP contribution in [0.3, 0.4) is 0 Å². The summed E-state index contributed by atoms with van der Waals surface area (Å²) in [6.07, 6.45) is 3.34. The summed E-state index contributed by atoms with van der Waals surface area (Å²) < 4.78 is 5.43. The molecule has 3 rings (SSSR count). The topological polar surface area (TPSA) is 36.0 Å². The summed E-state index contributed by atoms with van der Waals surface area (Å²) in [5.41, 5.74) is 1.25. The molecular weight excluding hydrogens is 302 g/mol. The second-order valence-electron chi connectivity index (χ2n) is 7.47. The molecule has 0 radical (unpaired) electrons. The zero-order valence-electron chi connectivity index (χ0n) is 15.2. The van der Waals surface area contributed by atoms with Crippen molar-refractivity contribution in [1.82, 2.24) is 14.7 Å². The normalized spacial score (nSPS) is 28.2. The SMILES string of the molecule is CN1CC[C@H]2[C@H](CC[C@H](c3cccc(OC(=O)N(C)C)c3)N2C)C1. The summed E-state index contributed by atoms with van der Waals surface area (Å²) in [6.45, 7) is 2.39. The third kappa shape index (κ3) is 3.57. The molecule has 0 aromatic heterocycles. The van der Waals surface area contributed by atoms with E-state index in [1.54, 1.807) is 14.1 Å². The van der Waals surface area contributed by atoms with E-state index in [1.165, 1.54) is 36.4 Å². The smallest absolute Gasteiger partial charge is 0.410 e. The predicted molar refractivity (Wildman–Crippen MR) is 95.3 cm³/mol. The van der Waals surface area contributed by atoms with E-state index < -0.39 is 0 Å². The fraction of sp³-hybridized carbons (Fsp3) is 0.632. The monoisotopic (exact) mass is 331 g/mol. The molecule has 24 heavy (non-hydrogen) atoms. The summed E-state index contributed by atoms with van der Waals surface area (Å²) in [6, 6.07) is 9.09. The van der Waals surface area contributed by atoms with Gasteiger partial charge >= 0.3 is 6.09 Å². The molecule has 2 saturated heterocycles. The highest BCUT2D eigenvalue weighted by atomic mass is 16.6. The maximum Gasteiger partial charge on any atom is 0.414 e. The Morgan fingerprint density at radius 3 is 2.75 bits per heavy atom. The van der Waals surface area contributed by atoms with Crippen LogP contribution in [0, 0.1) is 5.92 Å². The van der Waals surface area contributed by atoms with Crippen LogP contribution in [0.5, 0.6) is 5.75 Å². The number of carbonyl (C=O) groups is 1. The van der Waals surface area contributed by atoms with Gasteiger partial charge in [0.05, 0.1) is 0 Å². The minimum absolute atomic E-state index is 0.334. The summed E-state index contributed by atoms with van der Waals surface area (Å²) in [4.78, 5) is 18.2. The molecule has 1 amide bonds. The molecule has 2 aliphatic rings. The van der Waals surface area contributed by atoms with Crippen molar-refractivity contribution in [2.24, 2.45) is 5.92 Å². The maximum absolute atomic E-state index is 11.8. The van der Waals surface area contributed by atoms with E-state index in [1.807, 2.05) is 18.2 Å². The van der Waals surface area contributed by atoms with E-state index in [0.29, 0.717) is 17.8 Å². The minimum atomic E-state index is -0.334. The van der Waals surface area contributed by atoms with E-state index in [9.17, 15) is 4.79 Å². The van der Waals surface area contributed by atoms with Crippen LogP contribution in [0.25, 0.3) is 0 Å². The average molecular weight is 331 g/mol. The van der Waals surface area contributed by atoms with E-state index in [-0.39, 0.29) is 6.09 Å². The molecule has 2 heterocycles. The average Bonchev–Trinajstić information content (AvgIpc) is 2.55. The maximum atomic E-state index is 11.8. The molecule has 3 atom stereocenters. The van der Waals surface area contributed by atoms with Crippen molar-refractivity contribution in [2.75, 3.05) is 41.3 Å². The Morgan fingerprint density at radius 2 is 2.00 bits per heavy atom. The van der Waals surface area contributed by atoms with Crippen molar-refractivity contribution in [3.63, 3.8) is 0 Å². The van der Waals surface area contributed by atoms with Crippen LogP contribution in [0.2, 0.25) is 0 Å². The first-order valence-corrected chi connectivity index (χ1v) is 8.85. The molecule has 1 aromatic carbocycles. The van der Waals surface area contributed by atoms with Crippen LogP contribution in [0.4, 0.5) is 4.79 Å². The fourth-order valence-corrected chi connectivity index (χ4v) is 4.21. The molecule has 1 aromatic rings. The summed E-state index contributed by atoms with van der Waals surface area (Å²) in [7, 11) is 7.87. The molecule has 2 aliphatic heterocycles. The Hall–Kier alpha value is -1.59. The number of hydrogen-bond donors (Lipinski definition) is 0. The second-order valence-corrected chi connectivity index (χ2v) is 7.47. The van der Waals surface area contributed by atoms with Gasteiger partial charge in [0.25, 0.3) is 0 Å². The summed E-state index contributed by atoms with van der Waals surface area (Å²) in [5.74, 6) is 1.41. The first-order chi connectivity index (χ1) is 11.5. The molecule has 0 aliphatic carbocycles. The number of rotatable bonds is 2. The molecule has 132 valence electrons. The van der Waals surface area contributed by atoms with Crippen LogP contribution < -0.4 is 4.74 Å². The Morgan fingerprint density at radius 1 is 1.21 bits per heavy atom. The van der Waals surface area contributed by atoms with Crippen molar-refractivity contribution in [2.45, 2.75) is 31.3 Å². The van der Waals surface area contributed by atoms with Crippen LogP contribution in [0.15, 0.2) is 24.3 Å². The first-order valence-electron chi connectivity index (χ1n) is 8.85. The molecule has 0 N–H and O–H groups in total. The van der Waals surface area contributed by atoms with E-state index in [4.69, 9.17) is 4.74 Å². The molecule has 0 unspecified atom stereocenters. The van der Waals surface area contributed by atoms with Gasteiger partial charge < -0.3 is 14.5 Å². The van der Waals surface area contributed by atoms with Crippen LogP contribution >= 0.6 is 0 Å². The summed E-state index contributed by atoms with van der Waals surface area (Å²) in [5, 5.41) is 0. The molecule has 0 saturated carbocycles. The van der Waals surface area contributed by atoms with Gasteiger partial charge in [-0.05, 0) is 63.5 Å². The molecule has 0 bridgehead atoms. The highest BCUT2D eigenvalue weighted by molar-refractivity contribution is 5.70. The predicted octanol–water partition coefficient (Wildman–Crippen LogP) is 2.83. The molecule has 5 nitrogen and oxygen atoms in total. The van der Waals surface area contributed by atoms with Crippen molar-refractivity contribution in [3.05, 3.63) is 29.8 Å². The largest absolute Gasteiger partial charge is 0.414 e. The third-order valence-electron chi connectivity index (χ3n) is 5.54. The van der Waals surface area contributed by atoms with Crippen molar-refractivity contribution >= 4 is 6.09 Å². The van der Waals surface area contributed by atoms with Gasteiger partial charge in [0.2, 0.25) is 0 Å². The zero-order valence-corrected chi connectivity index (χ0v) is 15.2. The molecule has 5 heteroatoms. The van der Waals surface area contributed by atoms with E-state index in [2.05, 4.69) is 30.0 Å². The van der Waals surface area contributed by atoms with Gasteiger partial charge in [0.1, 0.15) is 5.75 Å². The number of fused-ring (bicyclic) bond motifs is 1. The Balaban J connectivity index is 1.73. The standard InChI is InChI=1S/C19H29N3O2/c1-20(2)19(23)24-16-7-5-6-14(12-16)17-9-8-15-13-21(3)11-10-18(15)22(17)4/h5-7,12,15,17-18H,8-11,13H2,1-4H3/t15-,17-,18+/m1/s1. The number of ether oxygens (including phenoxy) is 1. The second kappa shape index (κ2) is 7.11. The Labute approximate surface area is 145 Å². The lowest BCUT2D eigenvalue weighted by molar-refractivity contribution is 0.0119. The van der Waals surface area contributed by atoms with Crippen molar-refractivity contribution < 1.29 is 9.53 Å². The zero-order chi connectivity index (χ0) is 17.3. The lowest BCUT2D eigenvalue weighted by atomic mass is 9.80. The van der Waals surface area contributed by atoms with E-state index >= 15 is 0 Å². The van der Waals surface area contributed by atoms with Gasteiger partial charge in [-0.3, -0.25) is 4.90 Å². The Kier molecular flexibility index (Phi) is 5.11. The molecule has 2 fully saturated rings. The number of carbonyl (C=O) groups excluding carboxylic acids is 1. The number of nitrogens with zero attached hydrogens (tertiary/aromatic N) is 3. The van der Waals surface area contributed by atoms with Gasteiger partial charge in [-0.2, -0.15) is 0 Å².